The number of anilines is 2. The Morgan fingerprint density at radius 1 is 1.05 bits per heavy atom. The number of hydrogen-bond acceptors (Lipinski definition) is 2. The Morgan fingerprint density at radius 3 is 2.52 bits per heavy atom. The summed E-state index contributed by atoms with van der Waals surface area (Å²) in [6.07, 6.45) is 0. The van der Waals surface area contributed by atoms with Crippen LogP contribution in [0.4, 0.5) is 11.4 Å². The first-order valence-electron chi connectivity index (χ1n) is 6.21. The molecule has 0 bridgehead atoms. The normalized spacial score (nSPS) is 10.3. The number of halogens is 3. The molecule has 0 aliphatic heterocycles. The third-order valence-corrected chi connectivity index (χ3v) is 3.87. The summed E-state index contributed by atoms with van der Waals surface area (Å²) in [4.78, 5) is 11.9. The molecule has 0 saturated carbocycles. The van der Waals surface area contributed by atoms with E-state index in [4.69, 9.17) is 34.8 Å². The van der Waals surface area contributed by atoms with Crippen LogP contribution in [0.3, 0.4) is 0 Å². The maximum Gasteiger partial charge on any atom is 0.243 e. The number of nitrogens with one attached hydrogen (secondary N) is 2. The van der Waals surface area contributed by atoms with E-state index in [0.717, 1.165) is 11.3 Å². The molecule has 1 amide bonds. The number of rotatable bonds is 4. The van der Waals surface area contributed by atoms with Gasteiger partial charge in [-0.3, -0.25) is 4.79 Å². The van der Waals surface area contributed by atoms with Gasteiger partial charge in [0, 0.05) is 15.7 Å². The fourth-order valence-corrected chi connectivity index (χ4v) is 2.39. The molecule has 0 atom stereocenters. The van der Waals surface area contributed by atoms with Gasteiger partial charge in [0.25, 0.3) is 0 Å². The van der Waals surface area contributed by atoms with Crippen molar-refractivity contribution >= 4 is 52.1 Å². The summed E-state index contributed by atoms with van der Waals surface area (Å²) in [7, 11) is 0. The molecule has 21 heavy (non-hydrogen) atoms. The van der Waals surface area contributed by atoms with E-state index in [2.05, 4.69) is 10.6 Å². The van der Waals surface area contributed by atoms with Gasteiger partial charge < -0.3 is 10.6 Å². The summed E-state index contributed by atoms with van der Waals surface area (Å²) in [6.45, 7) is 2.00. The summed E-state index contributed by atoms with van der Waals surface area (Å²) in [6, 6.07) is 10.4. The highest BCUT2D eigenvalue weighted by Crippen LogP contribution is 2.25. The first kappa shape index (κ1) is 16.0. The SMILES string of the molecule is Cc1c(Cl)cccc1NCC(=O)Nc1ccc(Cl)cc1Cl. The Balaban J connectivity index is 1.97. The van der Waals surface area contributed by atoms with Crippen LogP contribution >= 0.6 is 34.8 Å². The van der Waals surface area contributed by atoms with Crippen LogP contribution in [0.2, 0.25) is 15.1 Å². The second-order valence-corrected chi connectivity index (χ2v) is 5.69. The summed E-state index contributed by atoms with van der Waals surface area (Å²) in [5.41, 5.74) is 2.24. The van der Waals surface area contributed by atoms with E-state index in [9.17, 15) is 4.79 Å². The van der Waals surface area contributed by atoms with Gasteiger partial charge in [-0.25, -0.2) is 0 Å². The quantitative estimate of drug-likeness (QED) is 0.819. The molecule has 2 aromatic carbocycles. The Hall–Kier alpha value is -1.42. The minimum Gasteiger partial charge on any atom is -0.376 e. The zero-order chi connectivity index (χ0) is 15.4. The third-order valence-electron chi connectivity index (χ3n) is 2.91. The summed E-state index contributed by atoms with van der Waals surface area (Å²) >= 11 is 17.8. The highest BCUT2D eigenvalue weighted by Gasteiger charge is 2.08. The molecule has 0 radical (unpaired) electrons. The van der Waals surface area contributed by atoms with E-state index in [-0.39, 0.29) is 12.5 Å². The summed E-state index contributed by atoms with van der Waals surface area (Å²) in [5, 5.41) is 7.33. The predicted octanol–water partition coefficient (Wildman–Crippen LogP) is 5.01. The van der Waals surface area contributed by atoms with Gasteiger partial charge in [0.2, 0.25) is 5.91 Å². The average molecular weight is 344 g/mol. The van der Waals surface area contributed by atoms with Crippen LogP contribution in [0.5, 0.6) is 0 Å². The molecular weight excluding hydrogens is 331 g/mol. The van der Waals surface area contributed by atoms with Crippen LogP contribution in [0, 0.1) is 6.92 Å². The molecule has 0 spiro atoms. The first-order chi connectivity index (χ1) is 9.97. The number of carbonyl (C=O) groups excluding carboxylic acids is 1. The van der Waals surface area contributed by atoms with Crippen molar-refractivity contribution in [2.75, 3.05) is 17.2 Å². The molecule has 2 aromatic rings. The van der Waals surface area contributed by atoms with E-state index in [1.54, 1.807) is 24.3 Å². The van der Waals surface area contributed by atoms with E-state index in [1.807, 2.05) is 19.1 Å². The van der Waals surface area contributed by atoms with E-state index >= 15 is 0 Å². The van der Waals surface area contributed by atoms with Crippen molar-refractivity contribution < 1.29 is 4.79 Å². The molecule has 2 rings (SSSR count). The number of amides is 1. The lowest BCUT2D eigenvalue weighted by Gasteiger charge is -2.11. The molecule has 3 nitrogen and oxygen atoms in total. The lowest BCUT2D eigenvalue weighted by molar-refractivity contribution is -0.114. The third kappa shape index (κ3) is 4.27. The molecule has 0 aromatic heterocycles. The van der Waals surface area contributed by atoms with Gasteiger partial charge >= 0.3 is 0 Å². The van der Waals surface area contributed by atoms with Gasteiger partial charge in [-0.15, -0.1) is 0 Å². The zero-order valence-electron chi connectivity index (χ0n) is 11.2. The lowest BCUT2D eigenvalue weighted by atomic mass is 10.2. The molecule has 0 aliphatic rings. The van der Waals surface area contributed by atoms with Crippen LogP contribution in [0.15, 0.2) is 36.4 Å². The minimum atomic E-state index is -0.210. The van der Waals surface area contributed by atoms with Crippen molar-refractivity contribution in [1.82, 2.24) is 0 Å². The van der Waals surface area contributed by atoms with E-state index < -0.39 is 0 Å². The highest BCUT2D eigenvalue weighted by atomic mass is 35.5. The van der Waals surface area contributed by atoms with Crippen molar-refractivity contribution in [3.05, 3.63) is 57.0 Å². The monoisotopic (exact) mass is 342 g/mol. The lowest BCUT2D eigenvalue weighted by Crippen LogP contribution is -2.22. The summed E-state index contributed by atoms with van der Waals surface area (Å²) in [5.74, 6) is -0.210. The second-order valence-electron chi connectivity index (χ2n) is 4.44. The Morgan fingerprint density at radius 2 is 1.81 bits per heavy atom. The van der Waals surface area contributed by atoms with Crippen LogP contribution in [0.1, 0.15) is 5.56 Å². The van der Waals surface area contributed by atoms with Gasteiger partial charge in [-0.1, -0.05) is 40.9 Å². The second kappa shape index (κ2) is 7.03. The van der Waals surface area contributed by atoms with Crippen molar-refractivity contribution in [1.29, 1.82) is 0 Å². The van der Waals surface area contributed by atoms with Crippen molar-refractivity contribution in [2.45, 2.75) is 6.92 Å². The highest BCUT2D eigenvalue weighted by molar-refractivity contribution is 6.36. The summed E-state index contributed by atoms with van der Waals surface area (Å²) < 4.78 is 0. The Kier molecular flexibility index (Phi) is 5.34. The minimum absolute atomic E-state index is 0.111. The van der Waals surface area contributed by atoms with Gasteiger partial charge in [-0.2, -0.15) is 0 Å². The smallest absolute Gasteiger partial charge is 0.243 e. The molecule has 0 saturated heterocycles. The molecule has 0 aliphatic carbocycles. The molecule has 110 valence electrons. The Labute approximate surface area is 138 Å². The molecule has 0 fully saturated rings. The van der Waals surface area contributed by atoms with Crippen LogP contribution in [0.25, 0.3) is 0 Å². The standard InChI is InChI=1S/C15H13Cl3N2O/c1-9-11(17)3-2-4-13(9)19-8-15(21)20-14-6-5-10(16)7-12(14)18/h2-7,19H,8H2,1H3,(H,20,21). The maximum absolute atomic E-state index is 11.9. The Bertz CT molecular complexity index is 674. The van der Waals surface area contributed by atoms with Crippen LogP contribution < -0.4 is 10.6 Å². The van der Waals surface area contributed by atoms with Crippen molar-refractivity contribution in [2.24, 2.45) is 0 Å². The number of benzene rings is 2. The molecule has 0 heterocycles. The van der Waals surface area contributed by atoms with Gasteiger partial charge in [0.1, 0.15) is 0 Å². The predicted molar refractivity (Wildman–Crippen MR) is 89.8 cm³/mol. The van der Waals surface area contributed by atoms with Gasteiger partial charge in [0.05, 0.1) is 17.3 Å². The molecule has 0 unspecified atom stereocenters. The van der Waals surface area contributed by atoms with Crippen LogP contribution in [-0.2, 0) is 4.79 Å². The topological polar surface area (TPSA) is 41.1 Å². The van der Waals surface area contributed by atoms with Gasteiger partial charge in [0.15, 0.2) is 0 Å². The van der Waals surface area contributed by atoms with Crippen molar-refractivity contribution in [3.63, 3.8) is 0 Å². The van der Waals surface area contributed by atoms with Crippen LogP contribution in [-0.4, -0.2) is 12.5 Å². The molecule has 6 heteroatoms. The average Bonchev–Trinajstić information content (AvgIpc) is 2.43. The molecule has 2 N–H and O–H groups in total. The fraction of sp³-hybridized carbons (Fsp3) is 0.133. The largest absolute Gasteiger partial charge is 0.376 e. The fourth-order valence-electron chi connectivity index (χ4n) is 1.76. The maximum atomic E-state index is 11.9. The number of hydrogen-bond donors (Lipinski definition) is 2. The molecular formula is C15H13Cl3N2O. The van der Waals surface area contributed by atoms with Crippen molar-refractivity contribution in [3.8, 4) is 0 Å². The van der Waals surface area contributed by atoms with E-state index in [1.165, 1.54) is 0 Å². The van der Waals surface area contributed by atoms with Gasteiger partial charge in [-0.05, 0) is 42.8 Å². The first-order valence-corrected chi connectivity index (χ1v) is 7.34. The number of carbonyl (C=O) groups is 1. The zero-order valence-corrected chi connectivity index (χ0v) is 13.5. The van der Waals surface area contributed by atoms with E-state index in [0.29, 0.717) is 20.8 Å².